The standard InChI is InChI=1S/C50H30N2OS/c1-4-14-31(15-5-1)35-26-36(32-16-6-2-7-17-32)28-37(27-35)34-24-25-40-43(29-34)53-44-30-42(38-20-10-11-21-39(38)46(40)44)50-51-47(33-18-8-3-9-19-33)49-48(52-50)41-22-12-13-23-45(41)54-49/h1-30H. The van der Waals surface area contributed by atoms with E-state index in [1.54, 1.807) is 11.3 Å². The number of nitrogens with zero attached hydrogens (tertiary/aromatic N) is 2. The maximum atomic E-state index is 6.82. The van der Waals surface area contributed by atoms with Crippen molar-refractivity contribution in [3.63, 3.8) is 0 Å². The van der Waals surface area contributed by atoms with Gasteiger partial charge in [0.25, 0.3) is 0 Å². The van der Waals surface area contributed by atoms with Gasteiger partial charge in [0, 0.05) is 32.0 Å². The third-order valence-corrected chi connectivity index (χ3v) is 11.6. The summed E-state index contributed by atoms with van der Waals surface area (Å²) in [7, 11) is 0. The van der Waals surface area contributed by atoms with Crippen LogP contribution in [0.2, 0.25) is 0 Å². The number of furan rings is 1. The topological polar surface area (TPSA) is 38.9 Å². The predicted molar refractivity (Wildman–Crippen MR) is 227 cm³/mol. The summed E-state index contributed by atoms with van der Waals surface area (Å²) in [6.45, 7) is 0. The van der Waals surface area contributed by atoms with Crippen molar-refractivity contribution < 1.29 is 4.42 Å². The predicted octanol–water partition coefficient (Wildman–Crippen LogP) is 14.2. The Labute approximate surface area is 315 Å². The first-order valence-corrected chi connectivity index (χ1v) is 19.0. The van der Waals surface area contributed by atoms with Crippen LogP contribution in [0.5, 0.6) is 0 Å². The number of aromatic nitrogens is 2. The van der Waals surface area contributed by atoms with Gasteiger partial charge in [0.05, 0.1) is 15.9 Å². The van der Waals surface area contributed by atoms with Gasteiger partial charge in [-0.15, -0.1) is 11.3 Å². The number of hydrogen-bond donors (Lipinski definition) is 0. The highest BCUT2D eigenvalue weighted by molar-refractivity contribution is 7.26. The summed E-state index contributed by atoms with van der Waals surface area (Å²) in [6.07, 6.45) is 0. The molecule has 3 nitrogen and oxygen atoms in total. The van der Waals surface area contributed by atoms with Crippen molar-refractivity contribution in [2.75, 3.05) is 0 Å². The van der Waals surface area contributed by atoms with Crippen LogP contribution >= 0.6 is 11.3 Å². The molecular formula is C50H30N2OS. The molecule has 0 fully saturated rings. The van der Waals surface area contributed by atoms with Crippen LogP contribution in [-0.4, -0.2) is 9.97 Å². The Bertz CT molecular complexity index is 3140. The molecule has 0 N–H and O–H groups in total. The third-order valence-electron chi connectivity index (χ3n) is 10.5. The molecule has 0 radical (unpaired) electrons. The molecule has 0 aliphatic heterocycles. The number of rotatable bonds is 5. The van der Waals surface area contributed by atoms with E-state index in [1.807, 2.05) is 6.07 Å². The van der Waals surface area contributed by atoms with Crippen molar-refractivity contribution in [2.45, 2.75) is 0 Å². The molecule has 11 rings (SSSR count). The molecule has 11 aromatic rings. The third kappa shape index (κ3) is 5.03. The van der Waals surface area contributed by atoms with Gasteiger partial charge < -0.3 is 4.42 Å². The van der Waals surface area contributed by atoms with Gasteiger partial charge >= 0.3 is 0 Å². The van der Waals surface area contributed by atoms with E-state index in [4.69, 9.17) is 14.4 Å². The Balaban J connectivity index is 1.12. The van der Waals surface area contributed by atoms with Crippen molar-refractivity contribution in [3.8, 4) is 56.0 Å². The lowest BCUT2D eigenvalue weighted by Crippen LogP contribution is -1.94. The highest BCUT2D eigenvalue weighted by atomic mass is 32.1. The van der Waals surface area contributed by atoms with E-state index < -0.39 is 0 Å². The monoisotopic (exact) mass is 706 g/mol. The van der Waals surface area contributed by atoms with E-state index in [-0.39, 0.29) is 0 Å². The maximum absolute atomic E-state index is 6.82. The molecule has 252 valence electrons. The minimum absolute atomic E-state index is 0.690. The lowest BCUT2D eigenvalue weighted by Gasteiger charge is -2.11. The molecule has 0 amide bonds. The fourth-order valence-electron chi connectivity index (χ4n) is 7.90. The molecule has 8 aromatic carbocycles. The average Bonchev–Trinajstić information content (AvgIpc) is 3.82. The Morgan fingerprint density at radius 2 is 0.963 bits per heavy atom. The van der Waals surface area contributed by atoms with Crippen LogP contribution in [0.1, 0.15) is 0 Å². The fourth-order valence-corrected chi connectivity index (χ4v) is 9.05. The number of fused-ring (bicyclic) bond motifs is 8. The largest absolute Gasteiger partial charge is 0.456 e. The van der Waals surface area contributed by atoms with Crippen molar-refractivity contribution in [1.82, 2.24) is 9.97 Å². The summed E-state index contributed by atoms with van der Waals surface area (Å²) in [5, 5.41) is 5.55. The zero-order chi connectivity index (χ0) is 35.6. The van der Waals surface area contributed by atoms with Gasteiger partial charge in [-0.2, -0.15) is 0 Å². The number of benzene rings is 8. The molecule has 0 saturated carbocycles. The minimum atomic E-state index is 0.690. The Kier molecular flexibility index (Phi) is 7.04. The van der Waals surface area contributed by atoms with Crippen LogP contribution in [0.15, 0.2) is 186 Å². The SMILES string of the molecule is c1ccc(-c2cc(-c3ccccc3)cc(-c3ccc4c(c3)oc3cc(-c5nc(-c6ccccc6)c6sc7ccccc7c6n5)c5ccccc5c34)c2)cc1. The van der Waals surface area contributed by atoms with Crippen LogP contribution < -0.4 is 0 Å². The van der Waals surface area contributed by atoms with Gasteiger partial charge in [0.15, 0.2) is 5.82 Å². The molecule has 0 aliphatic rings. The second kappa shape index (κ2) is 12.4. The number of hydrogen-bond acceptors (Lipinski definition) is 4. The molecule has 4 heteroatoms. The van der Waals surface area contributed by atoms with Gasteiger partial charge in [-0.05, 0) is 86.6 Å². The Hall–Kier alpha value is -6.88. The highest BCUT2D eigenvalue weighted by Gasteiger charge is 2.21. The van der Waals surface area contributed by atoms with E-state index in [1.165, 1.54) is 27.0 Å². The number of thiophene rings is 1. The van der Waals surface area contributed by atoms with Gasteiger partial charge in [-0.1, -0.05) is 140 Å². The van der Waals surface area contributed by atoms with Gasteiger partial charge in [0.2, 0.25) is 0 Å². The summed E-state index contributed by atoms with van der Waals surface area (Å²) >= 11 is 1.75. The second-order valence-electron chi connectivity index (χ2n) is 13.7. The molecule has 0 spiro atoms. The Morgan fingerprint density at radius 1 is 0.389 bits per heavy atom. The summed E-state index contributed by atoms with van der Waals surface area (Å²) in [4.78, 5) is 10.6. The first kappa shape index (κ1) is 30.7. The zero-order valence-corrected chi connectivity index (χ0v) is 29.8. The molecule has 3 heterocycles. The Morgan fingerprint density at radius 3 is 1.65 bits per heavy atom. The maximum Gasteiger partial charge on any atom is 0.161 e. The lowest BCUT2D eigenvalue weighted by atomic mass is 9.93. The van der Waals surface area contributed by atoms with Crippen LogP contribution in [-0.2, 0) is 0 Å². The van der Waals surface area contributed by atoms with E-state index in [0.29, 0.717) is 5.82 Å². The molecule has 0 atom stereocenters. The van der Waals surface area contributed by atoms with Crippen molar-refractivity contribution >= 4 is 64.4 Å². The lowest BCUT2D eigenvalue weighted by molar-refractivity contribution is 0.669. The van der Waals surface area contributed by atoms with Gasteiger partial charge in [-0.25, -0.2) is 9.97 Å². The van der Waals surface area contributed by atoms with Crippen molar-refractivity contribution in [2.24, 2.45) is 0 Å². The summed E-state index contributed by atoms with van der Waals surface area (Å²) in [6, 6.07) is 64.3. The summed E-state index contributed by atoms with van der Waals surface area (Å²) in [5.41, 5.74) is 12.6. The summed E-state index contributed by atoms with van der Waals surface area (Å²) < 4.78 is 9.12. The molecule has 3 aromatic heterocycles. The summed E-state index contributed by atoms with van der Waals surface area (Å²) in [5.74, 6) is 0.690. The van der Waals surface area contributed by atoms with Crippen LogP contribution in [0.4, 0.5) is 0 Å². The van der Waals surface area contributed by atoms with Crippen LogP contribution in [0, 0.1) is 0 Å². The van der Waals surface area contributed by atoms with E-state index in [9.17, 15) is 0 Å². The normalized spacial score (nSPS) is 11.7. The van der Waals surface area contributed by atoms with Crippen LogP contribution in [0.3, 0.4) is 0 Å². The van der Waals surface area contributed by atoms with Crippen molar-refractivity contribution in [3.05, 3.63) is 182 Å². The highest BCUT2D eigenvalue weighted by Crippen LogP contribution is 2.44. The molecule has 0 unspecified atom stereocenters. The molecular weight excluding hydrogens is 677 g/mol. The zero-order valence-electron chi connectivity index (χ0n) is 29.0. The average molecular weight is 707 g/mol. The van der Waals surface area contributed by atoms with E-state index >= 15 is 0 Å². The second-order valence-corrected chi connectivity index (χ2v) is 14.8. The minimum Gasteiger partial charge on any atom is -0.456 e. The molecule has 0 saturated heterocycles. The molecule has 0 aliphatic carbocycles. The quantitative estimate of drug-likeness (QED) is 0.179. The first-order valence-electron chi connectivity index (χ1n) is 18.1. The van der Waals surface area contributed by atoms with Gasteiger partial charge in [0.1, 0.15) is 11.2 Å². The molecule has 0 bridgehead atoms. The van der Waals surface area contributed by atoms with E-state index in [0.717, 1.165) is 76.3 Å². The first-order chi connectivity index (χ1) is 26.7. The molecule has 54 heavy (non-hydrogen) atoms. The van der Waals surface area contributed by atoms with Crippen LogP contribution in [0.25, 0.3) is 109 Å². The van der Waals surface area contributed by atoms with Gasteiger partial charge in [-0.3, -0.25) is 0 Å². The fraction of sp³-hybridized carbons (Fsp3) is 0. The van der Waals surface area contributed by atoms with Crippen molar-refractivity contribution in [1.29, 1.82) is 0 Å². The smallest absolute Gasteiger partial charge is 0.161 e. The van der Waals surface area contributed by atoms with E-state index in [2.05, 4.69) is 176 Å².